The highest BCUT2D eigenvalue weighted by Crippen LogP contribution is 2.35. The number of aryl methyl sites for hydroxylation is 1. The molecule has 1 fully saturated rings. The number of nitrogens with zero attached hydrogens (tertiary/aromatic N) is 7. The Labute approximate surface area is 184 Å². The molecule has 0 spiro atoms. The van der Waals surface area contributed by atoms with Gasteiger partial charge in [-0.15, -0.1) is 0 Å². The number of rotatable bonds is 7. The molecule has 4 aromatic rings. The summed E-state index contributed by atoms with van der Waals surface area (Å²) in [4.78, 5) is 24.5. The molecule has 3 aromatic heterocycles. The standard InChI is InChI=1S/C22H24N8O2/c1-4-29(14-8-9-14)18-10-11-30-21(26-18)16(12-24-30)22(31)25-17-7-5-6-15(19(17)32-3)20-23-13-28(2)27-20/h5-7,10-14H,4,8-9H2,1-3H3,(H,25,31). The molecule has 164 valence electrons. The Morgan fingerprint density at radius 1 is 1.31 bits per heavy atom. The van der Waals surface area contributed by atoms with E-state index in [-0.39, 0.29) is 5.91 Å². The van der Waals surface area contributed by atoms with Crippen LogP contribution in [0.15, 0.2) is 43.0 Å². The Morgan fingerprint density at radius 2 is 2.16 bits per heavy atom. The largest absolute Gasteiger partial charge is 0.494 e. The molecule has 10 heteroatoms. The van der Waals surface area contributed by atoms with Gasteiger partial charge >= 0.3 is 0 Å². The monoisotopic (exact) mass is 432 g/mol. The van der Waals surface area contributed by atoms with Gasteiger partial charge in [0.2, 0.25) is 0 Å². The van der Waals surface area contributed by atoms with Crippen molar-refractivity contribution < 1.29 is 9.53 Å². The zero-order valence-corrected chi connectivity index (χ0v) is 18.2. The summed E-state index contributed by atoms with van der Waals surface area (Å²) in [5.74, 6) is 1.55. The van der Waals surface area contributed by atoms with E-state index in [0.29, 0.717) is 40.1 Å². The molecule has 0 saturated heterocycles. The first-order valence-corrected chi connectivity index (χ1v) is 10.5. The van der Waals surface area contributed by atoms with Crippen molar-refractivity contribution >= 4 is 23.1 Å². The van der Waals surface area contributed by atoms with Crippen molar-refractivity contribution in [1.82, 2.24) is 29.4 Å². The number of hydrogen-bond donors (Lipinski definition) is 1. The second kappa shape index (κ2) is 7.95. The lowest BCUT2D eigenvalue weighted by Crippen LogP contribution is -2.26. The van der Waals surface area contributed by atoms with Crippen molar-refractivity contribution in [3.8, 4) is 17.1 Å². The lowest BCUT2D eigenvalue weighted by Gasteiger charge is -2.21. The van der Waals surface area contributed by atoms with Crippen LogP contribution in [0.25, 0.3) is 17.0 Å². The van der Waals surface area contributed by atoms with Gasteiger partial charge in [0.05, 0.1) is 24.6 Å². The van der Waals surface area contributed by atoms with Crippen molar-refractivity contribution in [2.24, 2.45) is 7.05 Å². The van der Waals surface area contributed by atoms with Gasteiger partial charge in [0.15, 0.2) is 17.2 Å². The molecule has 1 saturated carbocycles. The minimum atomic E-state index is -0.316. The smallest absolute Gasteiger partial charge is 0.261 e. The van der Waals surface area contributed by atoms with E-state index in [2.05, 4.69) is 32.3 Å². The molecule has 0 bridgehead atoms. The van der Waals surface area contributed by atoms with Crippen molar-refractivity contribution in [3.63, 3.8) is 0 Å². The molecule has 0 radical (unpaired) electrons. The van der Waals surface area contributed by atoms with Gasteiger partial charge in [-0.3, -0.25) is 9.48 Å². The van der Waals surface area contributed by atoms with Crippen molar-refractivity contribution in [1.29, 1.82) is 0 Å². The fourth-order valence-electron chi connectivity index (χ4n) is 3.86. The summed E-state index contributed by atoms with van der Waals surface area (Å²) in [7, 11) is 3.35. The van der Waals surface area contributed by atoms with Gasteiger partial charge in [-0.1, -0.05) is 6.07 Å². The van der Waals surface area contributed by atoms with E-state index < -0.39 is 0 Å². The van der Waals surface area contributed by atoms with E-state index in [4.69, 9.17) is 9.72 Å². The highest BCUT2D eigenvalue weighted by Gasteiger charge is 2.29. The Balaban J connectivity index is 1.47. The Hall–Kier alpha value is -3.95. The number of nitrogens with one attached hydrogen (secondary N) is 1. The maximum absolute atomic E-state index is 13.2. The van der Waals surface area contributed by atoms with Gasteiger partial charge in [-0.25, -0.2) is 14.5 Å². The molecule has 0 unspecified atom stereocenters. The fourth-order valence-corrected chi connectivity index (χ4v) is 3.86. The molecule has 1 N–H and O–H groups in total. The topological polar surface area (TPSA) is 102 Å². The van der Waals surface area contributed by atoms with Crippen LogP contribution in [0.5, 0.6) is 5.75 Å². The SMILES string of the molecule is CCN(c1ccn2ncc(C(=O)Nc3cccc(-c4ncn(C)n4)c3OC)c2n1)C1CC1. The summed E-state index contributed by atoms with van der Waals surface area (Å²) in [6.07, 6.45) is 7.34. The molecular formula is C22H24N8O2. The van der Waals surface area contributed by atoms with Crippen LogP contribution >= 0.6 is 0 Å². The van der Waals surface area contributed by atoms with Gasteiger partial charge in [-0.2, -0.15) is 10.2 Å². The quantitative estimate of drug-likeness (QED) is 0.479. The Kier molecular flexibility index (Phi) is 4.96. The Bertz CT molecular complexity index is 1290. The number of carbonyl (C=O) groups is 1. The van der Waals surface area contributed by atoms with Crippen LogP contribution in [0, 0.1) is 0 Å². The molecule has 1 aromatic carbocycles. The minimum Gasteiger partial charge on any atom is -0.494 e. The summed E-state index contributed by atoms with van der Waals surface area (Å²) >= 11 is 0. The number of methoxy groups -OCH3 is 1. The fraction of sp³-hybridized carbons (Fsp3) is 0.318. The maximum atomic E-state index is 13.2. The number of aromatic nitrogens is 6. The zero-order chi connectivity index (χ0) is 22.2. The predicted molar refractivity (Wildman–Crippen MR) is 120 cm³/mol. The minimum absolute atomic E-state index is 0.316. The van der Waals surface area contributed by atoms with Crippen LogP contribution in [0.2, 0.25) is 0 Å². The first-order chi connectivity index (χ1) is 15.6. The average molecular weight is 432 g/mol. The summed E-state index contributed by atoms with van der Waals surface area (Å²) in [6.45, 7) is 2.99. The lowest BCUT2D eigenvalue weighted by molar-refractivity contribution is 0.102. The van der Waals surface area contributed by atoms with E-state index in [9.17, 15) is 4.79 Å². The van der Waals surface area contributed by atoms with Crippen molar-refractivity contribution in [2.45, 2.75) is 25.8 Å². The summed E-state index contributed by atoms with van der Waals surface area (Å²) in [5, 5.41) is 11.6. The van der Waals surface area contributed by atoms with Gasteiger partial charge in [-0.05, 0) is 38.0 Å². The first-order valence-electron chi connectivity index (χ1n) is 10.5. The third-order valence-corrected chi connectivity index (χ3v) is 5.53. The van der Waals surface area contributed by atoms with Crippen LogP contribution in [0.4, 0.5) is 11.5 Å². The molecule has 0 aliphatic heterocycles. The number of para-hydroxylation sites is 1. The van der Waals surface area contributed by atoms with E-state index in [1.54, 1.807) is 35.7 Å². The average Bonchev–Trinajstić information content (AvgIpc) is 3.38. The van der Waals surface area contributed by atoms with Crippen LogP contribution in [-0.4, -0.2) is 55.0 Å². The Morgan fingerprint density at radius 3 is 2.84 bits per heavy atom. The summed E-state index contributed by atoms with van der Waals surface area (Å²) in [6, 6.07) is 7.92. The molecule has 32 heavy (non-hydrogen) atoms. The first kappa shape index (κ1) is 20.0. The van der Waals surface area contributed by atoms with E-state index in [0.717, 1.165) is 12.4 Å². The number of ether oxygens (including phenoxy) is 1. The highest BCUT2D eigenvalue weighted by atomic mass is 16.5. The summed E-state index contributed by atoms with van der Waals surface area (Å²) in [5.41, 5.74) is 2.11. The molecule has 0 atom stereocenters. The lowest BCUT2D eigenvalue weighted by atomic mass is 10.1. The van der Waals surface area contributed by atoms with Crippen LogP contribution < -0.4 is 15.0 Å². The van der Waals surface area contributed by atoms with Crippen LogP contribution in [0.1, 0.15) is 30.1 Å². The molecule has 1 aliphatic carbocycles. The molecule has 10 nitrogen and oxygen atoms in total. The second-order valence-electron chi connectivity index (χ2n) is 7.71. The number of fused-ring (bicyclic) bond motifs is 1. The molecular weight excluding hydrogens is 408 g/mol. The molecule has 5 rings (SSSR count). The van der Waals surface area contributed by atoms with Crippen LogP contribution in [0.3, 0.4) is 0 Å². The van der Waals surface area contributed by atoms with Crippen molar-refractivity contribution in [3.05, 3.63) is 48.5 Å². The number of amides is 1. The maximum Gasteiger partial charge on any atom is 0.261 e. The number of hydrogen-bond acceptors (Lipinski definition) is 7. The van der Waals surface area contributed by atoms with E-state index in [1.165, 1.54) is 19.0 Å². The number of anilines is 2. The predicted octanol–water partition coefficient (Wildman–Crippen LogP) is 2.77. The second-order valence-corrected chi connectivity index (χ2v) is 7.71. The number of benzene rings is 1. The molecule has 1 aliphatic rings. The van der Waals surface area contributed by atoms with Gasteiger partial charge < -0.3 is 15.0 Å². The van der Waals surface area contributed by atoms with Gasteiger partial charge in [0.1, 0.15) is 17.7 Å². The van der Waals surface area contributed by atoms with E-state index >= 15 is 0 Å². The summed E-state index contributed by atoms with van der Waals surface area (Å²) < 4.78 is 8.83. The number of carbonyl (C=O) groups excluding carboxylic acids is 1. The zero-order valence-electron chi connectivity index (χ0n) is 18.2. The molecule has 3 heterocycles. The van der Waals surface area contributed by atoms with Gasteiger partial charge in [0, 0.05) is 25.8 Å². The highest BCUT2D eigenvalue weighted by molar-refractivity contribution is 6.09. The van der Waals surface area contributed by atoms with Crippen molar-refractivity contribution in [2.75, 3.05) is 23.9 Å². The van der Waals surface area contributed by atoms with E-state index in [1.807, 2.05) is 24.4 Å². The molecule has 1 amide bonds. The normalized spacial score (nSPS) is 13.3. The van der Waals surface area contributed by atoms with Gasteiger partial charge in [0.25, 0.3) is 5.91 Å². The van der Waals surface area contributed by atoms with Crippen LogP contribution in [-0.2, 0) is 7.05 Å². The third-order valence-electron chi connectivity index (χ3n) is 5.53. The third kappa shape index (κ3) is 3.53.